The second-order valence-corrected chi connectivity index (χ2v) is 7.40. The maximum absolute atomic E-state index is 12.6. The maximum Gasteiger partial charge on any atom is 0.266 e. The number of fused-ring (bicyclic) bond motifs is 1. The zero-order chi connectivity index (χ0) is 22.3. The molecule has 0 aromatic heterocycles. The van der Waals surface area contributed by atoms with Gasteiger partial charge in [-0.15, -0.1) is 0 Å². The summed E-state index contributed by atoms with van der Waals surface area (Å²) in [6, 6.07) is 30.9. The Balaban J connectivity index is 1.59. The number of rotatable bonds is 6. The van der Waals surface area contributed by atoms with Crippen LogP contribution in [0.3, 0.4) is 0 Å². The topological polar surface area (TPSA) is 62.1 Å². The zero-order valence-corrected chi connectivity index (χ0v) is 17.7. The molecule has 4 rings (SSSR count). The summed E-state index contributed by atoms with van der Waals surface area (Å²) < 4.78 is 6.17. The molecule has 0 saturated heterocycles. The van der Waals surface area contributed by atoms with E-state index in [9.17, 15) is 10.1 Å². The van der Waals surface area contributed by atoms with E-state index in [1.165, 1.54) is 0 Å². The first-order valence-corrected chi connectivity index (χ1v) is 10.3. The molecule has 0 heterocycles. The quantitative estimate of drug-likeness (QED) is 0.296. The Hall–Kier alpha value is -4.36. The lowest BCUT2D eigenvalue weighted by molar-refractivity contribution is -0.112. The van der Waals surface area contributed by atoms with E-state index in [-0.39, 0.29) is 5.57 Å². The second kappa shape index (κ2) is 9.63. The summed E-state index contributed by atoms with van der Waals surface area (Å²) in [4.78, 5) is 12.6. The molecule has 4 nitrogen and oxygen atoms in total. The smallest absolute Gasteiger partial charge is 0.266 e. The molecule has 1 amide bonds. The van der Waals surface area contributed by atoms with Crippen LogP contribution in [-0.4, -0.2) is 5.91 Å². The lowest BCUT2D eigenvalue weighted by Crippen LogP contribution is -2.13. The van der Waals surface area contributed by atoms with Crippen LogP contribution in [0.25, 0.3) is 16.8 Å². The first-order valence-electron chi connectivity index (χ1n) is 10.3. The molecule has 4 aromatic carbocycles. The van der Waals surface area contributed by atoms with Crippen LogP contribution in [0, 0.1) is 18.3 Å². The molecular formula is C28H22N2O2. The van der Waals surface area contributed by atoms with E-state index < -0.39 is 5.91 Å². The largest absolute Gasteiger partial charge is 0.488 e. The number of carbonyl (C=O) groups is 1. The van der Waals surface area contributed by atoms with E-state index in [0.29, 0.717) is 23.6 Å². The van der Waals surface area contributed by atoms with Crippen molar-refractivity contribution >= 4 is 28.4 Å². The molecule has 156 valence electrons. The number of amides is 1. The van der Waals surface area contributed by atoms with Crippen molar-refractivity contribution in [2.75, 3.05) is 5.32 Å². The summed E-state index contributed by atoms with van der Waals surface area (Å²) in [5.41, 5.74) is 3.58. The maximum atomic E-state index is 12.6. The highest BCUT2D eigenvalue weighted by Gasteiger charge is 2.12. The Morgan fingerprint density at radius 2 is 1.66 bits per heavy atom. The number of aryl methyl sites for hydroxylation is 1. The normalized spacial score (nSPS) is 11.1. The van der Waals surface area contributed by atoms with Crippen molar-refractivity contribution < 1.29 is 9.53 Å². The van der Waals surface area contributed by atoms with Crippen molar-refractivity contribution in [2.24, 2.45) is 0 Å². The molecule has 0 aliphatic rings. The molecule has 0 spiro atoms. The number of ether oxygens (including phenoxy) is 1. The summed E-state index contributed by atoms with van der Waals surface area (Å²) in [6.07, 6.45) is 1.56. The van der Waals surface area contributed by atoms with Crippen molar-refractivity contribution in [1.29, 1.82) is 5.26 Å². The van der Waals surface area contributed by atoms with E-state index in [0.717, 1.165) is 21.9 Å². The molecule has 32 heavy (non-hydrogen) atoms. The number of benzene rings is 4. The van der Waals surface area contributed by atoms with Gasteiger partial charge in [0.1, 0.15) is 24.0 Å². The number of nitrogens with one attached hydrogen (secondary N) is 1. The van der Waals surface area contributed by atoms with Gasteiger partial charge in [0.2, 0.25) is 0 Å². The summed E-state index contributed by atoms with van der Waals surface area (Å²) in [6.45, 7) is 2.45. The number of anilines is 1. The number of carbonyl (C=O) groups excluding carboxylic acids is 1. The summed E-state index contributed by atoms with van der Waals surface area (Å²) >= 11 is 0. The average molecular weight is 418 g/mol. The average Bonchev–Trinajstić information content (AvgIpc) is 2.83. The summed E-state index contributed by atoms with van der Waals surface area (Å²) in [7, 11) is 0. The van der Waals surface area contributed by atoms with Gasteiger partial charge in [-0.2, -0.15) is 5.26 Å². The van der Waals surface area contributed by atoms with Gasteiger partial charge in [-0.05, 0) is 47.5 Å². The first kappa shape index (κ1) is 20.9. The van der Waals surface area contributed by atoms with Crippen LogP contribution in [0.1, 0.15) is 16.7 Å². The second-order valence-electron chi connectivity index (χ2n) is 7.40. The fourth-order valence-corrected chi connectivity index (χ4v) is 3.54. The van der Waals surface area contributed by atoms with Gasteiger partial charge in [-0.25, -0.2) is 0 Å². The minimum absolute atomic E-state index is 0.00578. The third-order valence-electron chi connectivity index (χ3n) is 5.26. The molecule has 0 fully saturated rings. The van der Waals surface area contributed by atoms with Crippen molar-refractivity contribution in [2.45, 2.75) is 13.5 Å². The monoisotopic (exact) mass is 418 g/mol. The third kappa shape index (κ3) is 4.69. The van der Waals surface area contributed by atoms with Gasteiger partial charge in [-0.1, -0.05) is 72.8 Å². The van der Waals surface area contributed by atoms with E-state index >= 15 is 0 Å². The van der Waals surface area contributed by atoms with Gasteiger partial charge < -0.3 is 10.1 Å². The fourth-order valence-electron chi connectivity index (χ4n) is 3.54. The number of para-hydroxylation sites is 2. The number of nitrogens with zero attached hydrogens (tertiary/aromatic N) is 1. The van der Waals surface area contributed by atoms with E-state index in [1.807, 2.05) is 60.7 Å². The van der Waals surface area contributed by atoms with Gasteiger partial charge >= 0.3 is 0 Å². The minimum Gasteiger partial charge on any atom is -0.488 e. The van der Waals surface area contributed by atoms with Gasteiger partial charge in [0, 0.05) is 16.8 Å². The predicted octanol–water partition coefficient (Wildman–Crippen LogP) is 6.27. The van der Waals surface area contributed by atoms with Crippen LogP contribution in [0.15, 0.2) is 96.6 Å². The lowest BCUT2D eigenvalue weighted by atomic mass is 10.0. The molecule has 0 unspecified atom stereocenters. The van der Waals surface area contributed by atoms with Crippen molar-refractivity contribution in [3.05, 3.63) is 113 Å². The van der Waals surface area contributed by atoms with Gasteiger partial charge in [0.25, 0.3) is 5.91 Å². The van der Waals surface area contributed by atoms with E-state index in [1.54, 1.807) is 18.2 Å². The summed E-state index contributed by atoms with van der Waals surface area (Å²) in [5.74, 6) is 0.151. The minimum atomic E-state index is -0.460. The van der Waals surface area contributed by atoms with Gasteiger partial charge in [0.15, 0.2) is 0 Å². The molecule has 0 saturated carbocycles. The molecule has 0 atom stereocenters. The number of hydrogen-bond acceptors (Lipinski definition) is 3. The highest BCUT2D eigenvalue weighted by atomic mass is 16.5. The molecule has 0 aliphatic carbocycles. The lowest BCUT2D eigenvalue weighted by Gasteiger charge is -2.14. The van der Waals surface area contributed by atoms with Gasteiger partial charge in [-0.3, -0.25) is 4.79 Å². The van der Waals surface area contributed by atoms with Crippen LogP contribution in [-0.2, 0) is 11.4 Å². The van der Waals surface area contributed by atoms with Crippen LogP contribution < -0.4 is 10.1 Å². The fraction of sp³-hybridized carbons (Fsp3) is 0.0714. The SMILES string of the molecule is Cc1ccc2ccccc2c1COc1ccccc1/C=C(\C#N)C(=O)Nc1ccccc1. The van der Waals surface area contributed by atoms with Crippen molar-refractivity contribution in [1.82, 2.24) is 0 Å². The molecule has 4 aromatic rings. The van der Waals surface area contributed by atoms with Crippen LogP contribution in [0.5, 0.6) is 5.75 Å². The predicted molar refractivity (Wildman–Crippen MR) is 128 cm³/mol. The standard InChI is InChI=1S/C28H22N2O2/c1-20-15-16-21-9-5-7-13-25(21)26(20)19-32-27-14-8-6-10-22(27)17-23(18-29)28(31)30-24-11-3-2-4-12-24/h2-17H,19H2,1H3,(H,30,31)/b23-17+. The van der Waals surface area contributed by atoms with Crippen LogP contribution in [0.4, 0.5) is 5.69 Å². The third-order valence-corrected chi connectivity index (χ3v) is 5.26. The Bertz CT molecular complexity index is 1330. The molecule has 4 heteroatoms. The van der Waals surface area contributed by atoms with E-state index in [4.69, 9.17) is 4.74 Å². The Kier molecular flexibility index (Phi) is 6.29. The Morgan fingerprint density at radius 3 is 2.47 bits per heavy atom. The highest BCUT2D eigenvalue weighted by molar-refractivity contribution is 6.09. The van der Waals surface area contributed by atoms with Crippen molar-refractivity contribution in [3.63, 3.8) is 0 Å². The Labute approximate surface area is 187 Å². The van der Waals surface area contributed by atoms with Crippen LogP contribution >= 0.6 is 0 Å². The Morgan fingerprint density at radius 1 is 0.938 bits per heavy atom. The highest BCUT2D eigenvalue weighted by Crippen LogP contribution is 2.26. The first-order chi connectivity index (χ1) is 15.7. The van der Waals surface area contributed by atoms with E-state index in [2.05, 4.69) is 36.5 Å². The number of nitriles is 1. The summed E-state index contributed by atoms with van der Waals surface area (Å²) in [5, 5.41) is 14.6. The molecule has 0 aliphatic heterocycles. The zero-order valence-electron chi connectivity index (χ0n) is 17.7. The van der Waals surface area contributed by atoms with Crippen molar-refractivity contribution in [3.8, 4) is 11.8 Å². The molecule has 0 radical (unpaired) electrons. The van der Waals surface area contributed by atoms with Crippen LogP contribution in [0.2, 0.25) is 0 Å². The molecule has 1 N–H and O–H groups in total. The van der Waals surface area contributed by atoms with Gasteiger partial charge in [0.05, 0.1) is 0 Å². The number of hydrogen-bond donors (Lipinski definition) is 1. The molecular weight excluding hydrogens is 396 g/mol. The molecule has 0 bridgehead atoms.